The maximum Gasteiger partial charge on any atom is 0.254 e. The number of pyridine rings is 1. The van der Waals surface area contributed by atoms with E-state index in [9.17, 15) is 4.79 Å². The average molecular weight is 439 g/mol. The van der Waals surface area contributed by atoms with E-state index in [0.29, 0.717) is 6.54 Å². The normalized spacial score (nSPS) is 16.7. The third kappa shape index (κ3) is 3.92. The number of fused-ring (bicyclic) bond motifs is 5. The summed E-state index contributed by atoms with van der Waals surface area (Å²) in [7, 11) is 0. The molecule has 4 heterocycles. The van der Waals surface area contributed by atoms with Gasteiger partial charge in [-0.15, -0.1) is 0 Å². The lowest BCUT2D eigenvalue weighted by Crippen LogP contribution is -2.37. The van der Waals surface area contributed by atoms with Crippen molar-refractivity contribution in [2.24, 2.45) is 0 Å². The number of amides is 1. The number of ether oxygens (including phenoxy) is 1. The van der Waals surface area contributed by atoms with Crippen LogP contribution in [0.4, 0.5) is 0 Å². The van der Waals surface area contributed by atoms with Gasteiger partial charge in [0.15, 0.2) is 0 Å². The fourth-order valence-corrected chi connectivity index (χ4v) is 4.81. The minimum absolute atomic E-state index is 0.0250. The van der Waals surface area contributed by atoms with E-state index in [1.807, 2.05) is 18.3 Å². The van der Waals surface area contributed by atoms with E-state index in [1.54, 1.807) is 0 Å². The Hall–Kier alpha value is -3.48. The molecule has 6 nitrogen and oxygen atoms in total. The van der Waals surface area contributed by atoms with Gasteiger partial charge in [0.05, 0.1) is 36.5 Å². The molecule has 33 heavy (non-hydrogen) atoms. The molecule has 4 aromatic rings. The van der Waals surface area contributed by atoms with Gasteiger partial charge in [-0.2, -0.15) is 0 Å². The summed E-state index contributed by atoms with van der Waals surface area (Å²) < 4.78 is 5.44. The zero-order valence-electron chi connectivity index (χ0n) is 18.4. The molecule has 2 N–H and O–H groups in total. The number of carbonyl (C=O) groups is 1. The number of morpholine rings is 1. The van der Waals surface area contributed by atoms with Gasteiger partial charge in [-0.05, 0) is 35.1 Å². The lowest BCUT2D eigenvalue weighted by molar-refractivity contribution is 0.0384. The van der Waals surface area contributed by atoms with Crippen LogP contribution < -0.4 is 5.32 Å². The van der Waals surface area contributed by atoms with Gasteiger partial charge in [0, 0.05) is 42.3 Å². The van der Waals surface area contributed by atoms with Crippen molar-refractivity contribution >= 4 is 39.7 Å². The Morgan fingerprint density at radius 3 is 2.88 bits per heavy atom. The molecule has 0 saturated carbocycles. The molecule has 0 radical (unpaired) electrons. The highest BCUT2D eigenvalue weighted by Crippen LogP contribution is 2.31. The molecular weight excluding hydrogens is 412 g/mol. The number of nitrogens with zero attached hydrogens (tertiary/aromatic N) is 2. The summed E-state index contributed by atoms with van der Waals surface area (Å²) in [5.74, 6) is -0.0250. The van der Waals surface area contributed by atoms with E-state index >= 15 is 0 Å². The maximum absolute atomic E-state index is 12.2. The first kappa shape index (κ1) is 20.1. The first-order valence-corrected chi connectivity index (χ1v) is 11.5. The van der Waals surface area contributed by atoms with Gasteiger partial charge in [-0.1, -0.05) is 42.5 Å². The Morgan fingerprint density at radius 2 is 1.97 bits per heavy atom. The molecule has 1 amide bonds. The quantitative estimate of drug-likeness (QED) is 0.494. The number of aromatic nitrogens is 2. The predicted octanol–water partition coefficient (Wildman–Crippen LogP) is 4.00. The molecule has 6 heteroatoms. The van der Waals surface area contributed by atoms with Gasteiger partial charge in [-0.3, -0.25) is 9.69 Å². The Labute approximate surface area is 192 Å². The standard InChI is InChI=1S/C27H26N4O2/c32-27-25-22-7-5-20-16-28-21(15-23(20)26(22)30-24(25)17-29-27)6-4-18-2-1-3-19(14-18)8-9-31-10-12-33-13-11-31/h1-7,14-16,28H,8-13,17H2,(H,29,32)/b6-4+. The van der Waals surface area contributed by atoms with Crippen LogP contribution in [0.25, 0.3) is 33.8 Å². The van der Waals surface area contributed by atoms with E-state index in [2.05, 4.69) is 57.7 Å². The lowest BCUT2D eigenvalue weighted by Gasteiger charge is -2.26. The Balaban J connectivity index is 1.24. The highest BCUT2D eigenvalue weighted by molar-refractivity contribution is 6.16. The first-order chi connectivity index (χ1) is 16.2. The van der Waals surface area contributed by atoms with Crippen molar-refractivity contribution in [3.63, 3.8) is 0 Å². The topological polar surface area (TPSA) is 70.2 Å². The van der Waals surface area contributed by atoms with Crippen LogP contribution in [-0.2, 0) is 17.7 Å². The summed E-state index contributed by atoms with van der Waals surface area (Å²) in [6.07, 6.45) is 7.29. The van der Waals surface area contributed by atoms with Crippen LogP contribution in [0, 0.1) is 0 Å². The van der Waals surface area contributed by atoms with Crippen LogP contribution in [0.2, 0.25) is 0 Å². The van der Waals surface area contributed by atoms with Gasteiger partial charge in [0.2, 0.25) is 0 Å². The smallest absolute Gasteiger partial charge is 0.254 e. The van der Waals surface area contributed by atoms with E-state index in [-0.39, 0.29) is 5.91 Å². The number of rotatable bonds is 5. The maximum atomic E-state index is 12.2. The van der Waals surface area contributed by atoms with E-state index in [1.165, 1.54) is 11.1 Å². The number of carbonyl (C=O) groups excluding carboxylic acids is 1. The van der Waals surface area contributed by atoms with Crippen molar-refractivity contribution < 1.29 is 9.53 Å². The average Bonchev–Trinajstić information content (AvgIpc) is 3.42. The fourth-order valence-electron chi connectivity index (χ4n) is 4.81. The van der Waals surface area contributed by atoms with Crippen LogP contribution in [0.3, 0.4) is 0 Å². The number of benzene rings is 2. The van der Waals surface area contributed by atoms with Crippen LogP contribution in [0.15, 0.2) is 48.7 Å². The molecule has 2 aromatic carbocycles. The molecule has 166 valence electrons. The second kappa shape index (κ2) is 8.46. The molecule has 0 spiro atoms. The summed E-state index contributed by atoms with van der Waals surface area (Å²) in [6, 6.07) is 14.9. The summed E-state index contributed by atoms with van der Waals surface area (Å²) in [5.41, 5.74) is 6.01. The lowest BCUT2D eigenvalue weighted by atomic mass is 10.0. The Kier molecular flexibility index (Phi) is 5.17. The van der Waals surface area contributed by atoms with Gasteiger partial charge in [-0.25, -0.2) is 4.98 Å². The summed E-state index contributed by atoms with van der Waals surface area (Å²) in [6.45, 7) is 5.31. The Bertz CT molecular complexity index is 1380. The van der Waals surface area contributed by atoms with Crippen LogP contribution >= 0.6 is 0 Å². The highest BCUT2D eigenvalue weighted by atomic mass is 16.5. The zero-order valence-corrected chi connectivity index (χ0v) is 18.4. The summed E-state index contributed by atoms with van der Waals surface area (Å²) >= 11 is 0. The predicted molar refractivity (Wildman–Crippen MR) is 131 cm³/mol. The van der Waals surface area contributed by atoms with Crippen LogP contribution in [0.5, 0.6) is 0 Å². The number of nitrogens with one attached hydrogen (secondary N) is 2. The molecule has 1 fully saturated rings. The number of hydrogen-bond acceptors (Lipinski definition) is 4. The molecule has 2 aliphatic rings. The van der Waals surface area contributed by atoms with E-state index in [0.717, 1.165) is 77.9 Å². The molecule has 6 rings (SSSR count). The monoisotopic (exact) mass is 438 g/mol. The SMILES string of the molecule is O=C1NCc2nc3c(ccc4c[nH]c(/C=C/c5cccc(CCN6CCOCC6)c5)cc43)c21. The minimum atomic E-state index is -0.0250. The zero-order chi connectivity index (χ0) is 22.2. The fraction of sp³-hybridized carbons (Fsp3) is 0.259. The number of hydrogen-bond donors (Lipinski definition) is 2. The number of H-pyrrole nitrogens is 1. The second-order valence-corrected chi connectivity index (χ2v) is 8.75. The van der Waals surface area contributed by atoms with Crippen molar-refractivity contribution in [3.05, 3.63) is 76.7 Å². The van der Waals surface area contributed by atoms with Crippen molar-refractivity contribution in [1.29, 1.82) is 0 Å². The molecule has 2 aromatic heterocycles. The van der Waals surface area contributed by atoms with Crippen molar-refractivity contribution in [3.8, 4) is 0 Å². The van der Waals surface area contributed by atoms with Crippen molar-refractivity contribution in [2.45, 2.75) is 13.0 Å². The summed E-state index contributed by atoms with van der Waals surface area (Å²) in [4.78, 5) is 22.8. The third-order valence-electron chi connectivity index (χ3n) is 6.62. The van der Waals surface area contributed by atoms with Gasteiger partial charge in [0.25, 0.3) is 5.91 Å². The van der Waals surface area contributed by atoms with Crippen LogP contribution in [-0.4, -0.2) is 53.6 Å². The second-order valence-electron chi connectivity index (χ2n) is 8.75. The molecule has 0 unspecified atom stereocenters. The third-order valence-corrected chi connectivity index (χ3v) is 6.62. The van der Waals surface area contributed by atoms with Gasteiger partial charge >= 0.3 is 0 Å². The highest BCUT2D eigenvalue weighted by Gasteiger charge is 2.25. The first-order valence-electron chi connectivity index (χ1n) is 11.5. The molecule has 0 aliphatic carbocycles. The minimum Gasteiger partial charge on any atom is -0.379 e. The van der Waals surface area contributed by atoms with E-state index in [4.69, 9.17) is 9.72 Å². The van der Waals surface area contributed by atoms with Crippen molar-refractivity contribution in [1.82, 2.24) is 20.2 Å². The molecule has 2 aliphatic heterocycles. The van der Waals surface area contributed by atoms with Gasteiger partial charge < -0.3 is 15.0 Å². The van der Waals surface area contributed by atoms with Gasteiger partial charge in [0.1, 0.15) is 0 Å². The van der Waals surface area contributed by atoms with Crippen molar-refractivity contribution in [2.75, 3.05) is 32.8 Å². The molecular formula is C27H26N4O2. The molecule has 1 saturated heterocycles. The molecule has 0 atom stereocenters. The summed E-state index contributed by atoms with van der Waals surface area (Å²) in [5, 5.41) is 5.94. The Morgan fingerprint density at radius 1 is 1.06 bits per heavy atom. The molecule has 0 bridgehead atoms. The largest absolute Gasteiger partial charge is 0.379 e. The van der Waals surface area contributed by atoms with E-state index < -0.39 is 0 Å². The number of aromatic amines is 1. The van der Waals surface area contributed by atoms with Crippen LogP contribution in [0.1, 0.15) is 32.9 Å².